The van der Waals surface area contributed by atoms with E-state index in [0.29, 0.717) is 17.8 Å². The summed E-state index contributed by atoms with van der Waals surface area (Å²) < 4.78 is 0. The third-order valence-corrected chi connectivity index (χ3v) is 5.23. The van der Waals surface area contributed by atoms with Crippen molar-refractivity contribution in [2.24, 2.45) is 5.92 Å². The molecule has 0 spiro atoms. The van der Waals surface area contributed by atoms with Crippen molar-refractivity contribution in [1.82, 2.24) is 10.2 Å². The normalized spacial score (nSPS) is 15.2. The first-order valence-electron chi connectivity index (χ1n) is 9.95. The largest absolute Gasteiger partial charge is 0.348 e. The maximum absolute atomic E-state index is 12.3. The molecule has 2 aromatic rings. The number of amides is 2. The maximum Gasteiger partial charge on any atom is 0.251 e. The molecule has 1 aliphatic heterocycles. The van der Waals surface area contributed by atoms with Gasteiger partial charge in [-0.2, -0.15) is 0 Å². The average molecular weight is 380 g/mol. The predicted octanol–water partition coefficient (Wildman–Crippen LogP) is 3.81. The van der Waals surface area contributed by atoms with Crippen LogP contribution < -0.4 is 10.6 Å². The number of hydrogen-bond acceptors (Lipinski definition) is 3. The topological polar surface area (TPSA) is 61.4 Å². The summed E-state index contributed by atoms with van der Waals surface area (Å²) in [6, 6.07) is 15.4. The summed E-state index contributed by atoms with van der Waals surface area (Å²) in [5.41, 5.74) is 3.66. The van der Waals surface area contributed by atoms with Crippen molar-refractivity contribution in [3.63, 3.8) is 0 Å². The molecule has 0 bridgehead atoms. The van der Waals surface area contributed by atoms with Gasteiger partial charge in [0.25, 0.3) is 5.91 Å². The highest BCUT2D eigenvalue weighted by Gasteiger charge is 2.15. The number of likely N-dealkylation sites (tertiary alicyclic amines) is 1. The minimum Gasteiger partial charge on any atom is -0.348 e. The summed E-state index contributed by atoms with van der Waals surface area (Å²) in [6.07, 6.45) is 2.58. The van der Waals surface area contributed by atoms with E-state index in [0.717, 1.165) is 18.0 Å². The van der Waals surface area contributed by atoms with Gasteiger partial charge < -0.3 is 10.6 Å². The van der Waals surface area contributed by atoms with Gasteiger partial charge in [0.1, 0.15) is 0 Å². The third kappa shape index (κ3) is 5.92. The van der Waals surface area contributed by atoms with Crippen LogP contribution >= 0.6 is 0 Å². The van der Waals surface area contributed by atoms with Crippen LogP contribution in [0.4, 0.5) is 5.69 Å². The Bertz CT molecular complexity index is 792. The summed E-state index contributed by atoms with van der Waals surface area (Å²) in [6.45, 7) is 7.64. The Morgan fingerprint density at radius 2 is 1.57 bits per heavy atom. The lowest BCUT2D eigenvalue weighted by Gasteiger charge is -2.30. The van der Waals surface area contributed by atoms with E-state index >= 15 is 0 Å². The number of nitrogens with one attached hydrogen (secondary N) is 2. The zero-order valence-corrected chi connectivity index (χ0v) is 16.7. The van der Waals surface area contributed by atoms with E-state index in [2.05, 4.69) is 46.7 Å². The van der Waals surface area contributed by atoms with E-state index in [9.17, 15) is 9.59 Å². The molecule has 1 fully saturated rings. The van der Waals surface area contributed by atoms with Crippen LogP contribution in [0.15, 0.2) is 48.5 Å². The van der Waals surface area contributed by atoms with Gasteiger partial charge >= 0.3 is 0 Å². The first-order chi connectivity index (χ1) is 13.5. The lowest BCUT2D eigenvalue weighted by molar-refractivity contribution is -0.114. The molecule has 0 aliphatic carbocycles. The number of piperidine rings is 1. The second-order valence-electron chi connectivity index (χ2n) is 7.72. The van der Waals surface area contributed by atoms with Crippen molar-refractivity contribution in [1.29, 1.82) is 0 Å². The molecule has 1 heterocycles. The van der Waals surface area contributed by atoms with Gasteiger partial charge in [-0.1, -0.05) is 31.2 Å². The second-order valence-corrected chi connectivity index (χ2v) is 7.72. The molecule has 2 amide bonds. The molecule has 0 atom stereocenters. The van der Waals surface area contributed by atoms with Crippen LogP contribution in [0.1, 0.15) is 48.2 Å². The van der Waals surface area contributed by atoms with Crippen LogP contribution in [-0.2, 0) is 17.9 Å². The lowest BCUT2D eigenvalue weighted by Crippen LogP contribution is -2.32. The van der Waals surface area contributed by atoms with Crippen LogP contribution in [0, 0.1) is 5.92 Å². The minimum absolute atomic E-state index is 0.124. The fourth-order valence-corrected chi connectivity index (χ4v) is 3.43. The summed E-state index contributed by atoms with van der Waals surface area (Å²) in [5.74, 6) is 0.597. The second kappa shape index (κ2) is 9.51. The number of carbonyl (C=O) groups excluding carboxylic acids is 2. The number of anilines is 1. The highest BCUT2D eigenvalue weighted by atomic mass is 16.2. The SMILES string of the molecule is CC(=O)Nc1ccc(C(=O)NCc2ccc(CN3CCC(C)CC3)cc2)cc1. The van der Waals surface area contributed by atoms with E-state index in [4.69, 9.17) is 0 Å². The van der Waals surface area contributed by atoms with Crippen LogP contribution in [0.5, 0.6) is 0 Å². The van der Waals surface area contributed by atoms with Gasteiger partial charge in [-0.05, 0) is 67.2 Å². The Hall–Kier alpha value is -2.66. The van der Waals surface area contributed by atoms with Gasteiger partial charge in [0.05, 0.1) is 0 Å². The zero-order chi connectivity index (χ0) is 19.9. The third-order valence-electron chi connectivity index (χ3n) is 5.23. The molecule has 5 heteroatoms. The fourth-order valence-electron chi connectivity index (χ4n) is 3.43. The molecule has 0 saturated carbocycles. The Morgan fingerprint density at radius 3 is 2.18 bits per heavy atom. The Morgan fingerprint density at radius 1 is 0.964 bits per heavy atom. The van der Waals surface area contributed by atoms with Crippen LogP contribution in [0.2, 0.25) is 0 Å². The quantitative estimate of drug-likeness (QED) is 0.802. The van der Waals surface area contributed by atoms with E-state index in [1.54, 1.807) is 24.3 Å². The van der Waals surface area contributed by atoms with E-state index < -0.39 is 0 Å². The number of benzene rings is 2. The number of nitrogens with zero attached hydrogens (tertiary/aromatic N) is 1. The van der Waals surface area contributed by atoms with Gasteiger partial charge in [-0.3, -0.25) is 14.5 Å². The van der Waals surface area contributed by atoms with Gasteiger partial charge in [-0.25, -0.2) is 0 Å². The summed E-state index contributed by atoms with van der Waals surface area (Å²) in [7, 11) is 0. The standard InChI is InChI=1S/C23H29N3O2/c1-17-11-13-26(14-12-17)16-20-5-3-19(4-6-20)15-24-23(28)21-7-9-22(10-8-21)25-18(2)27/h3-10,17H,11-16H2,1-2H3,(H,24,28)(H,25,27). The molecule has 1 saturated heterocycles. The molecule has 3 rings (SSSR count). The van der Waals surface area contributed by atoms with Gasteiger partial charge in [0.15, 0.2) is 0 Å². The van der Waals surface area contributed by atoms with Crippen molar-refractivity contribution in [2.75, 3.05) is 18.4 Å². The summed E-state index contributed by atoms with van der Waals surface area (Å²) >= 11 is 0. The summed E-state index contributed by atoms with van der Waals surface area (Å²) in [5, 5.41) is 5.64. The molecule has 0 aromatic heterocycles. The molecule has 2 N–H and O–H groups in total. The van der Waals surface area contributed by atoms with Gasteiger partial charge in [-0.15, -0.1) is 0 Å². The van der Waals surface area contributed by atoms with Crippen molar-refractivity contribution in [3.8, 4) is 0 Å². The van der Waals surface area contributed by atoms with Crippen LogP contribution in [-0.4, -0.2) is 29.8 Å². The molecular weight excluding hydrogens is 350 g/mol. The number of carbonyl (C=O) groups is 2. The molecule has 1 aliphatic rings. The van der Waals surface area contributed by atoms with Gasteiger partial charge in [0.2, 0.25) is 5.91 Å². The highest BCUT2D eigenvalue weighted by molar-refractivity contribution is 5.95. The summed E-state index contributed by atoms with van der Waals surface area (Å²) in [4.78, 5) is 25.9. The zero-order valence-electron chi connectivity index (χ0n) is 16.7. The molecule has 2 aromatic carbocycles. The number of rotatable bonds is 6. The number of hydrogen-bond donors (Lipinski definition) is 2. The highest BCUT2D eigenvalue weighted by Crippen LogP contribution is 2.18. The molecule has 28 heavy (non-hydrogen) atoms. The predicted molar refractivity (Wildman–Crippen MR) is 112 cm³/mol. The first-order valence-corrected chi connectivity index (χ1v) is 9.95. The monoisotopic (exact) mass is 379 g/mol. The molecule has 5 nitrogen and oxygen atoms in total. The van der Waals surface area contributed by atoms with Gasteiger partial charge in [0, 0.05) is 31.3 Å². The van der Waals surface area contributed by atoms with E-state index in [-0.39, 0.29) is 11.8 Å². The average Bonchev–Trinajstić information content (AvgIpc) is 2.69. The molecule has 0 unspecified atom stereocenters. The molecule has 148 valence electrons. The van der Waals surface area contributed by atoms with Crippen molar-refractivity contribution >= 4 is 17.5 Å². The van der Waals surface area contributed by atoms with Crippen molar-refractivity contribution < 1.29 is 9.59 Å². The maximum atomic E-state index is 12.3. The Balaban J connectivity index is 1.47. The lowest BCUT2D eigenvalue weighted by atomic mass is 9.99. The van der Waals surface area contributed by atoms with Crippen molar-refractivity contribution in [2.45, 2.75) is 39.8 Å². The Labute approximate surface area is 167 Å². The Kier molecular flexibility index (Phi) is 6.82. The van der Waals surface area contributed by atoms with E-state index in [1.807, 2.05) is 0 Å². The smallest absolute Gasteiger partial charge is 0.251 e. The molecular formula is C23H29N3O2. The minimum atomic E-state index is -0.129. The molecule has 0 radical (unpaired) electrons. The van der Waals surface area contributed by atoms with Crippen LogP contribution in [0.3, 0.4) is 0 Å². The fraction of sp³-hybridized carbons (Fsp3) is 0.391. The van der Waals surface area contributed by atoms with Crippen LogP contribution in [0.25, 0.3) is 0 Å². The first kappa shape index (κ1) is 20.1. The van der Waals surface area contributed by atoms with Crippen molar-refractivity contribution in [3.05, 3.63) is 65.2 Å². The van der Waals surface area contributed by atoms with E-state index in [1.165, 1.54) is 38.4 Å².